The first kappa shape index (κ1) is 38.1. The second-order valence-corrected chi connectivity index (χ2v) is 17.6. The van der Waals surface area contributed by atoms with Gasteiger partial charge in [0.15, 0.2) is 0 Å². The molecule has 2 aliphatic carbocycles. The van der Waals surface area contributed by atoms with E-state index in [1.54, 1.807) is 26.8 Å². The summed E-state index contributed by atoms with van der Waals surface area (Å²) in [4.78, 5) is 82.6. The molecule has 0 aromatic heterocycles. The molecule has 53 heavy (non-hydrogen) atoms. The van der Waals surface area contributed by atoms with E-state index in [1.165, 1.54) is 21.9 Å². The van der Waals surface area contributed by atoms with Gasteiger partial charge in [-0.1, -0.05) is 31.1 Å². The quantitative estimate of drug-likeness (QED) is 0.309. The molecule has 3 aliphatic heterocycles. The summed E-state index contributed by atoms with van der Waals surface area (Å²) in [6.45, 7) is 5.15. The van der Waals surface area contributed by atoms with Gasteiger partial charge in [0.1, 0.15) is 29.3 Å². The van der Waals surface area contributed by atoms with Crippen molar-refractivity contribution in [1.29, 1.82) is 0 Å². The Balaban J connectivity index is 1.24. The van der Waals surface area contributed by atoms with Gasteiger partial charge in [-0.3, -0.25) is 24.0 Å². The predicted octanol–water partition coefficient (Wildman–Crippen LogP) is 2.70. The van der Waals surface area contributed by atoms with Crippen LogP contribution < -0.4 is 15.4 Å². The van der Waals surface area contributed by atoms with Crippen LogP contribution in [0.25, 0.3) is 0 Å². The van der Waals surface area contributed by atoms with E-state index in [2.05, 4.69) is 15.4 Å². The standard InChI is InChI=1S/C36H47N5O11S/c1-35(2,3)52-33(47)37-27-10-8-6-4-5-7-9-24-17-36(24,32(46)39-53(49,50)26-13-14-26)38-29(42)28-16-25(20-41(28)30(27)43)51-34(48)40-18-22-12-11-21(31(44)45)15-23(22)19-40/h7,9,11-12,15,24-28H,4-6,8,10,13-14,16-20H2,1-3H3,(H,37,47)(H,38,42)(H,39,46)(H,44,45)/b9-7-/t24-,25+,27-,28-,36+/m0/s1. The third-order valence-electron chi connectivity index (χ3n) is 10.2. The number of carbonyl (C=O) groups is 6. The van der Waals surface area contributed by atoms with Crippen molar-refractivity contribution in [2.45, 2.75) is 126 Å². The number of carbonyl (C=O) groups excluding carboxylic acids is 5. The van der Waals surface area contributed by atoms with Gasteiger partial charge in [0.25, 0.3) is 5.91 Å². The van der Waals surface area contributed by atoms with Gasteiger partial charge < -0.3 is 30.1 Å². The smallest absolute Gasteiger partial charge is 0.410 e. The molecular formula is C36H47N5O11S. The molecule has 5 atom stereocenters. The van der Waals surface area contributed by atoms with Gasteiger partial charge in [-0.05, 0) is 82.6 Å². The first-order valence-electron chi connectivity index (χ1n) is 18.1. The minimum atomic E-state index is -3.93. The van der Waals surface area contributed by atoms with Crippen LogP contribution in [-0.4, -0.2) is 100 Å². The molecule has 0 unspecified atom stereocenters. The number of allylic oxidation sites excluding steroid dienone is 1. The van der Waals surface area contributed by atoms with E-state index >= 15 is 0 Å². The molecule has 0 bridgehead atoms. The van der Waals surface area contributed by atoms with Crippen molar-refractivity contribution in [1.82, 2.24) is 25.2 Å². The number of alkyl carbamates (subject to hydrolysis) is 1. The number of nitrogens with one attached hydrogen (secondary N) is 3. The lowest BCUT2D eigenvalue weighted by molar-refractivity contribution is -0.141. The van der Waals surface area contributed by atoms with Gasteiger partial charge in [-0.15, -0.1) is 0 Å². The zero-order valence-electron chi connectivity index (χ0n) is 30.1. The molecule has 4 N–H and O–H groups in total. The number of ether oxygens (including phenoxy) is 2. The van der Waals surface area contributed by atoms with E-state index in [9.17, 15) is 42.3 Å². The lowest BCUT2D eigenvalue weighted by atomic mass is 10.0. The molecule has 17 heteroatoms. The maximum absolute atomic E-state index is 14.3. The highest BCUT2D eigenvalue weighted by atomic mass is 32.2. The molecule has 1 aromatic carbocycles. The van der Waals surface area contributed by atoms with E-state index in [1.807, 2.05) is 12.2 Å². The summed E-state index contributed by atoms with van der Waals surface area (Å²) >= 11 is 0. The average Bonchev–Trinajstić information content (AvgIpc) is 3.96. The first-order chi connectivity index (χ1) is 25.0. The van der Waals surface area contributed by atoms with E-state index in [-0.39, 0.29) is 44.5 Å². The van der Waals surface area contributed by atoms with Crippen molar-refractivity contribution >= 4 is 45.9 Å². The second-order valence-electron chi connectivity index (χ2n) is 15.6. The van der Waals surface area contributed by atoms with Gasteiger partial charge in [0.05, 0.1) is 17.4 Å². The molecule has 1 saturated heterocycles. The normalized spacial score (nSPS) is 28.2. The maximum atomic E-state index is 14.3. The van der Waals surface area contributed by atoms with Crippen LogP contribution in [0, 0.1) is 5.92 Å². The minimum Gasteiger partial charge on any atom is -0.478 e. The fraction of sp³-hybridized carbons (Fsp3) is 0.611. The number of benzene rings is 1. The van der Waals surface area contributed by atoms with Crippen LogP contribution in [-0.2, 0) is 47.0 Å². The van der Waals surface area contributed by atoms with Gasteiger partial charge >= 0.3 is 18.2 Å². The van der Waals surface area contributed by atoms with Crippen molar-refractivity contribution in [3.05, 3.63) is 47.0 Å². The second kappa shape index (κ2) is 14.6. The fourth-order valence-corrected chi connectivity index (χ4v) is 8.53. The lowest BCUT2D eigenvalue weighted by Crippen LogP contribution is -2.58. The fourth-order valence-electron chi connectivity index (χ4n) is 7.17. The molecule has 6 rings (SSSR count). The van der Waals surface area contributed by atoms with Crippen molar-refractivity contribution < 1.29 is 51.8 Å². The van der Waals surface area contributed by atoms with Crippen LogP contribution in [0.15, 0.2) is 30.4 Å². The monoisotopic (exact) mass is 757 g/mol. The van der Waals surface area contributed by atoms with Gasteiger partial charge in [-0.25, -0.2) is 22.8 Å². The van der Waals surface area contributed by atoms with Crippen molar-refractivity contribution in [2.75, 3.05) is 6.54 Å². The Morgan fingerprint density at radius 2 is 1.75 bits per heavy atom. The number of amides is 5. The molecule has 0 spiro atoms. The van der Waals surface area contributed by atoms with Gasteiger partial charge in [-0.2, -0.15) is 0 Å². The zero-order chi connectivity index (χ0) is 38.3. The van der Waals surface area contributed by atoms with Crippen LogP contribution >= 0.6 is 0 Å². The summed E-state index contributed by atoms with van der Waals surface area (Å²) in [5.41, 5.74) is -0.905. The van der Waals surface area contributed by atoms with E-state index in [0.29, 0.717) is 37.7 Å². The van der Waals surface area contributed by atoms with Crippen molar-refractivity contribution in [2.24, 2.45) is 5.92 Å². The van der Waals surface area contributed by atoms with Crippen LogP contribution in [0.2, 0.25) is 0 Å². The van der Waals surface area contributed by atoms with Gasteiger partial charge in [0.2, 0.25) is 21.8 Å². The Bertz CT molecular complexity index is 1820. The topological polar surface area (TPSA) is 218 Å². The summed E-state index contributed by atoms with van der Waals surface area (Å²) in [5, 5.41) is 14.2. The molecule has 3 heterocycles. The number of sulfonamides is 1. The van der Waals surface area contributed by atoms with Gasteiger partial charge in [0, 0.05) is 25.4 Å². The molecule has 16 nitrogen and oxygen atoms in total. The summed E-state index contributed by atoms with van der Waals surface area (Å²) in [5.74, 6) is -3.75. The Hall–Kier alpha value is -4.67. The number of carboxylic acid groups (broad SMARTS) is 1. The molecule has 1 aromatic rings. The number of rotatable bonds is 6. The zero-order valence-corrected chi connectivity index (χ0v) is 30.9. The predicted molar refractivity (Wildman–Crippen MR) is 187 cm³/mol. The average molecular weight is 758 g/mol. The highest BCUT2D eigenvalue weighted by Crippen LogP contribution is 2.46. The number of aromatic carboxylic acids is 1. The number of hydrogen-bond acceptors (Lipinski definition) is 10. The Kier molecular flexibility index (Phi) is 10.5. The van der Waals surface area contributed by atoms with E-state index < -0.39 is 86.4 Å². The molecule has 5 amide bonds. The molecule has 0 radical (unpaired) electrons. The number of nitrogens with zero attached hydrogens (tertiary/aromatic N) is 2. The van der Waals surface area contributed by atoms with Crippen molar-refractivity contribution in [3.8, 4) is 0 Å². The summed E-state index contributed by atoms with van der Waals surface area (Å²) < 4.78 is 39.0. The third kappa shape index (κ3) is 8.77. The molecular weight excluding hydrogens is 710 g/mol. The van der Waals surface area contributed by atoms with Crippen molar-refractivity contribution in [3.63, 3.8) is 0 Å². The molecule has 5 aliphatic rings. The highest BCUT2D eigenvalue weighted by Gasteiger charge is 2.62. The first-order valence-corrected chi connectivity index (χ1v) is 19.7. The Morgan fingerprint density at radius 3 is 2.45 bits per heavy atom. The number of fused-ring (bicyclic) bond motifs is 3. The minimum absolute atomic E-state index is 0.0864. The molecule has 3 fully saturated rings. The maximum Gasteiger partial charge on any atom is 0.410 e. The SMILES string of the molecule is CC(C)(C)OC(=O)N[C@H]1CCCCC/C=C\[C@H]2C[C@@]2(C(=O)NS(=O)(=O)C2CC2)NC(=O)[C@@H]2C[C@@H](OC(=O)N3Cc4ccc(C(=O)O)cc4C3)CN2C1=O. The lowest BCUT2D eigenvalue weighted by Gasteiger charge is -2.30. The number of carboxylic acids is 1. The van der Waals surface area contributed by atoms with Crippen LogP contribution in [0.1, 0.15) is 100 Å². The van der Waals surface area contributed by atoms with E-state index in [4.69, 9.17) is 9.47 Å². The van der Waals surface area contributed by atoms with Crippen LogP contribution in [0.3, 0.4) is 0 Å². The summed E-state index contributed by atoms with van der Waals surface area (Å²) in [6, 6.07) is 2.28. The van der Waals surface area contributed by atoms with Crippen LogP contribution in [0.4, 0.5) is 9.59 Å². The number of hydrogen-bond donors (Lipinski definition) is 4. The summed E-state index contributed by atoms with van der Waals surface area (Å²) in [6.07, 6.45) is 5.05. The molecule has 2 saturated carbocycles. The Labute approximate surface area is 308 Å². The largest absolute Gasteiger partial charge is 0.478 e. The third-order valence-corrected chi connectivity index (χ3v) is 12.1. The summed E-state index contributed by atoms with van der Waals surface area (Å²) in [7, 11) is -3.93. The van der Waals surface area contributed by atoms with Crippen LogP contribution in [0.5, 0.6) is 0 Å². The molecule has 288 valence electrons. The highest BCUT2D eigenvalue weighted by molar-refractivity contribution is 7.91. The Morgan fingerprint density at radius 1 is 1.02 bits per heavy atom. The van der Waals surface area contributed by atoms with E-state index in [0.717, 1.165) is 12.0 Å².